The highest BCUT2D eigenvalue weighted by Gasteiger charge is 2.61. The fourth-order valence-electron chi connectivity index (χ4n) is 6.39. The molecule has 1 saturated heterocycles. The minimum atomic E-state index is -1.44. The second-order valence-corrected chi connectivity index (χ2v) is 14.6. The monoisotopic (exact) mass is 675 g/mol. The molecular weight excluding hydrogens is 634 g/mol. The molecule has 3 aromatic rings. The van der Waals surface area contributed by atoms with Crippen molar-refractivity contribution in [2.24, 2.45) is 5.92 Å². The van der Waals surface area contributed by atoms with Gasteiger partial charge in [-0.3, -0.25) is 9.59 Å². The van der Waals surface area contributed by atoms with Crippen molar-refractivity contribution >= 4 is 46.2 Å². The molecule has 5 atom stereocenters. The summed E-state index contributed by atoms with van der Waals surface area (Å²) in [5, 5.41) is 17.6. The van der Waals surface area contributed by atoms with Crippen molar-refractivity contribution in [1.82, 2.24) is 25.5 Å². The average molecular weight is 676 g/mol. The Hall–Kier alpha value is -4.52. The van der Waals surface area contributed by atoms with Gasteiger partial charge in [-0.05, 0) is 70.0 Å². The first-order valence-corrected chi connectivity index (χ1v) is 17.3. The number of alkyl carbamates (subject to hydrolysis) is 1. The number of nitrogens with one attached hydrogen (secondary N) is 2. The van der Waals surface area contributed by atoms with E-state index in [2.05, 4.69) is 10.6 Å². The molecule has 6 rings (SSSR count). The van der Waals surface area contributed by atoms with Crippen LogP contribution in [0.4, 0.5) is 4.79 Å². The Morgan fingerprint density at radius 2 is 1.85 bits per heavy atom. The molecule has 1 unspecified atom stereocenters. The maximum absolute atomic E-state index is 14.3. The van der Waals surface area contributed by atoms with Crippen LogP contribution in [-0.4, -0.2) is 79.7 Å². The van der Waals surface area contributed by atoms with Gasteiger partial charge in [0.25, 0.3) is 0 Å². The first-order valence-electron chi connectivity index (χ1n) is 16.4. The highest BCUT2D eigenvalue weighted by Crippen LogP contribution is 2.45. The van der Waals surface area contributed by atoms with Crippen molar-refractivity contribution in [3.63, 3.8) is 0 Å². The van der Waals surface area contributed by atoms with E-state index in [0.717, 1.165) is 24.1 Å². The highest BCUT2D eigenvalue weighted by atomic mass is 32.1. The summed E-state index contributed by atoms with van der Waals surface area (Å²) in [6.45, 7) is 5.24. The van der Waals surface area contributed by atoms with Crippen LogP contribution in [0.1, 0.15) is 65.7 Å². The summed E-state index contributed by atoms with van der Waals surface area (Å²) >= 11 is 1.49. The number of thiophene rings is 1. The zero-order chi connectivity index (χ0) is 34.1. The molecule has 254 valence electrons. The minimum absolute atomic E-state index is 0.0191. The van der Waals surface area contributed by atoms with Gasteiger partial charge in [-0.1, -0.05) is 43.2 Å². The second kappa shape index (κ2) is 13.5. The molecule has 2 aromatic heterocycles. The van der Waals surface area contributed by atoms with Gasteiger partial charge in [-0.15, -0.1) is 11.3 Å². The Morgan fingerprint density at radius 1 is 1.08 bits per heavy atom. The largest absolute Gasteiger partial charge is 0.479 e. The van der Waals surface area contributed by atoms with E-state index in [-0.39, 0.29) is 31.2 Å². The lowest BCUT2D eigenvalue weighted by Crippen LogP contribution is -2.56. The molecule has 13 heteroatoms. The van der Waals surface area contributed by atoms with E-state index >= 15 is 0 Å². The van der Waals surface area contributed by atoms with E-state index < -0.39 is 53.2 Å². The number of aliphatic carboxylic acids is 1. The maximum atomic E-state index is 14.3. The van der Waals surface area contributed by atoms with Crippen molar-refractivity contribution in [3.05, 3.63) is 53.9 Å². The number of nitrogens with zero attached hydrogens (tertiary/aromatic N) is 3. The number of carboxylic acids is 1. The Morgan fingerprint density at radius 3 is 2.56 bits per heavy atom. The van der Waals surface area contributed by atoms with Gasteiger partial charge in [-0.2, -0.15) is 0 Å². The van der Waals surface area contributed by atoms with E-state index in [1.165, 1.54) is 16.2 Å². The lowest BCUT2D eigenvalue weighted by atomic mass is 10.0. The van der Waals surface area contributed by atoms with Crippen LogP contribution in [0, 0.1) is 5.92 Å². The molecule has 48 heavy (non-hydrogen) atoms. The number of carbonyl (C=O) groups is 4. The molecule has 0 radical (unpaired) electrons. The number of allylic oxidation sites excluding steroid dienone is 1. The third-order valence-corrected chi connectivity index (χ3v) is 9.76. The van der Waals surface area contributed by atoms with Gasteiger partial charge in [-0.25, -0.2) is 19.6 Å². The number of rotatable bonds is 5. The number of para-hydroxylation sites is 2. The topological polar surface area (TPSA) is 160 Å². The number of hydrogen-bond acceptors (Lipinski definition) is 9. The van der Waals surface area contributed by atoms with Gasteiger partial charge < -0.3 is 30.1 Å². The number of ether oxygens (including phenoxy) is 2. The zero-order valence-electron chi connectivity index (χ0n) is 27.3. The van der Waals surface area contributed by atoms with E-state index in [1.54, 1.807) is 20.8 Å². The molecular formula is C35H41N5O7S. The lowest BCUT2D eigenvalue weighted by molar-refractivity contribution is -0.145. The summed E-state index contributed by atoms with van der Waals surface area (Å²) < 4.78 is 12.0. The molecule has 1 saturated carbocycles. The van der Waals surface area contributed by atoms with E-state index in [1.807, 2.05) is 53.9 Å². The van der Waals surface area contributed by atoms with Crippen LogP contribution in [-0.2, 0) is 19.1 Å². The number of benzene rings is 1. The number of fused-ring (bicyclic) bond motifs is 3. The van der Waals surface area contributed by atoms with Crippen molar-refractivity contribution in [2.45, 2.75) is 95.0 Å². The fraction of sp³-hybridized carbons (Fsp3) is 0.486. The maximum Gasteiger partial charge on any atom is 0.408 e. The lowest BCUT2D eigenvalue weighted by Gasteiger charge is -2.30. The SMILES string of the molecule is CC(C)(C)OC(=O)N[C@H]1CCCCC/C=C\[C@H]2CC2(C(=O)O)NC(=O)[C@@H]2C[C@@H](Oc3nc4ccccc4nc3-c3cccs3)CN2C1=O. The van der Waals surface area contributed by atoms with E-state index in [0.29, 0.717) is 29.6 Å². The first kappa shape index (κ1) is 33.4. The number of hydrogen-bond donors (Lipinski definition) is 3. The molecule has 1 aliphatic carbocycles. The molecule has 2 aliphatic heterocycles. The van der Waals surface area contributed by atoms with Crippen molar-refractivity contribution in [3.8, 4) is 16.5 Å². The van der Waals surface area contributed by atoms with Gasteiger partial charge in [0.2, 0.25) is 17.7 Å². The Kier molecular flexibility index (Phi) is 9.41. The smallest absolute Gasteiger partial charge is 0.408 e. The van der Waals surface area contributed by atoms with Gasteiger partial charge in [0.05, 0.1) is 22.5 Å². The normalized spacial score (nSPS) is 27.1. The molecule has 3 aliphatic rings. The fourth-order valence-corrected chi connectivity index (χ4v) is 7.10. The molecule has 12 nitrogen and oxygen atoms in total. The zero-order valence-corrected chi connectivity index (χ0v) is 28.1. The predicted molar refractivity (Wildman–Crippen MR) is 179 cm³/mol. The molecule has 0 spiro atoms. The van der Waals surface area contributed by atoms with Crippen molar-refractivity contribution < 1.29 is 33.8 Å². The van der Waals surface area contributed by atoms with Gasteiger partial charge in [0.15, 0.2) is 0 Å². The van der Waals surface area contributed by atoms with Crippen LogP contribution in [0.2, 0.25) is 0 Å². The number of aromatic nitrogens is 2. The molecule has 0 bridgehead atoms. The summed E-state index contributed by atoms with van der Waals surface area (Å²) in [5.74, 6) is -2.23. The molecule has 4 heterocycles. The van der Waals surface area contributed by atoms with E-state index in [4.69, 9.17) is 19.4 Å². The highest BCUT2D eigenvalue weighted by molar-refractivity contribution is 7.13. The van der Waals surface area contributed by atoms with Crippen LogP contribution < -0.4 is 15.4 Å². The number of amides is 3. The van der Waals surface area contributed by atoms with Gasteiger partial charge >= 0.3 is 12.1 Å². The van der Waals surface area contributed by atoms with Crippen LogP contribution >= 0.6 is 11.3 Å². The summed E-state index contributed by atoms with van der Waals surface area (Å²) in [7, 11) is 0. The summed E-state index contributed by atoms with van der Waals surface area (Å²) in [6, 6.07) is 9.27. The van der Waals surface area contributed by atoms with Crippen LogP contribution in [0.25, 0.3) is 21.6 Å². The van der Waals surface area contributed by atoms with Crippen LogP contribution in [0.3, 0.4) is 0 Å². The summed E-state index contributed by atoms with van der Waals surface area (Å²) in [5.41, 5.74) is -0.337. The predicted octanol–water partition coefficient (Wildman–Crippen LogP) is 5.08. The number of carbonyl (C=O) groups excluding carboxylic acids is 3. The Balaban J connectivity index is 1.32. The molecule has 2 fully saturated rings. The standard InChI is InChI=1S/C35H41N5O7S/c1-34(2,3)47-33(45)38-25-15-8-6-4-5-7-12-21-19-35(21,32(43)44)39-29(41)26-18-22(20-40(26)31(25)42)46-30-28(27-16-11-17-48-27)36-23-13-9-10-14-24(23)37-30/h7,9-14,16-17,21-22,25-26H,4-6,8,15,18-20H2,1-3H3,(H,38,45)(H,39,41)(H,43,44)/b12-7-/t21-,22+,25-,26-,35?/m0/s1. The van der Waals surface area contributed by atoms with Crippen molar-refractivity contribution in [1.29, 1.82) is 0 Å². The molecule has 3 N–H and O–H groups in total. The molecule has 3 amide bonds. The Labute approximate surface area is 282 Å². The molecule has 1 aromatic carbocycles. The summed E-state index contributed by atoms with van der Waals surface area (Å²) in [6.07, 6.45) is 6.18. The summed E-state index contributed by atoms with van der Waals surface area (Å²) in [4.78, 5) is 65.5. The van der Waals surface area contributed by atoms with Crippen LogP contribution in [0.15, 0.2) is 53.9 Å². The van der Waals surface area contributed by atoms with Gasteiger partial charge in [0.1, 0.15) is 35.0 Å². The Bertz CT molecular complexity index is 1720. The van der Waals surface area contributed by atoms with Crippen LogP contribution in [0.5, 0.6) is 5.88 Å². The third-order valence-electron chi connectivity index (χ3n) is 8.88. The quantitative estimate of drug-likeness (QED) is 0.314. The van der Waals surface area contributed by atoms with Crippen molar-refractivity contribution in [2.75, 3.05) is 6.54 Å². The first-order chi connectivity index (χ1) is 22.9. The number of carboxylic acid groups (broad SMARTS) is 1. The minimum Gasteiger partial charge on any atom is -0.479 e. The third kappa shape index (κ3) is 7.30. The average Bonchev–Trinajstić information content (AvgIpc) is 3.34. The second-order valence-electron chi connectivity index (χ2n) is 13.7. The van der Waals surface area contributed by atoms with Gasteiger partial charge in [0, 0.05) is 12.3 Å². The van der Waals surface area contributed by atoms with E-state index in [9.17, 15) is 24.3 Å².